The summed E-state index contributed by atoms with van der Waals surface area (Å²) in [5.41, 5.74) is 1.85. The maximum atomic E-state index is 13.6. The van der Waals surface area contributed by atoms with E-state index in [1.54, 1.807) is 24.3 Å². The Hall–Kier alpha value is -2.53. The number of fused-ring (bicyclic) bond motifs is 1. The van der Waals surface area contributed by atoms with Crippen LogP contribution in [0.1, 0.15) is 36.3 Å². The minimum atomic E-state index is -3.82. The molecule has 0 radical (unpaired) electrons. The van der Waals surface area contributed by atoms with Gasteiger partial charge in [-0.25, -0.2) is 16.8 Å². The highest BCUT2D eigenvalue weighted by atomic mass is 32.2. The molecule has 0 saturated carbocycles. The van der Waals surface area contributed by atoms with Gasteiger partial charge < -0.3 is 4.90 Å². The second kappa shape index (κ2) is 10.3. The first kappa shape index (κ1) is 26.1. The van der Waals surface area contributed by atoms with E-state index in [9.17, 15) is 21.6 Å². The van der Waals surface area contributed by atoms with Gasteiger partial charge in [0, 0.05) is 44.2 Å². The average molecular weight is 544 g/mol. The van der Waals surface area contributed by atoms with E-state index in [0.29, 0.717) is 25.9 Å². The minimum Gasteiger partial charge on any atom is -0.342 e. The second-order valence-corrected chi connectivity index (χ2v) is 13.9. The molecule has 3 atom stereocenters. The van der Waals surface area contributed by atoms with Crippen molar-refractivity contribution in [3.63, 3.8) is 0 Å². The van der Waals surface area contributed by atoms with Crippen LogP contribution in [0.4, 0.5) is 0 Å². The number of nitrogens with zero attached hydrogens (tertiary/aromatic N) is 3. The number of likely N-dealkylation sites (tertiary alicyclic amines) is 1. The number of carbonyl (C=O) groups excluding carboxylic acids is 1. The highest BCUT2D eigenvalue weighted by Gasteiger charge is 2.48. The molecule has 3 aliphatic rings. The molecule has 0 aromatic heterocycles. The van der Waals surface area contributed by atoms with E-state index in [2.05, 4.69) is 6.58 Å². The SMILES string of the molecule is C=CS(=O)(=O)N1CC2CCN(S(=O)(=O)c3ccc(C(Cc4ccccc4)C(=O)N4CCCC4)cc3)C2C1. The van der Waals surface area contributed by atoms with Gasteiger partial charge in [0.15, 0.2) is 0 Å². The van der Waals surface area contributed by atoms with E-state index in [0.717, 1.165) is 42.5 Å². The van der Waals surface area contributed by atoms with Gasteiger partial charge in [-0.1, -0.05) is 49.0 Å². The summed E-state index contributed by atoms with van der Waals surface area (Å²) in [7, 11) is -7.41. The molecule has 198 valence electrons. The number of amides is 1. The van der Waals surface area contributed by atoms with Crippen LogP contribution in [0.2, 0.25) is 0 Å². The van der Waals surface area contributed by atoms with Gasteiger partial charge in [0.2, 0.25) is 26.0 Å². The van der Waals surface area contributed by atoms with Crippen LogP contribution in [0.5, 0.6) is 0 Å². The number of hydrogen-bond acceptors (Lipinski definition) is 5. The summed E-state index contributed by atoms with van der Waals surface area (Å²) in [5.74, 6) is -0.341. The lowest BCUT2D eigenvalue weighted by Gasteiger charge is -2.25. The molecule has 37 heavy (non-hydrogen) atoms. The summed E-state index contributed by atoms with van der Waals surface area (Å²) >= 11 is 0. The fourth-order valence-electron chi connectivity index (χ4n) is 5.86. The number of hydrogen-bond donors (Lipinski definition) is 0. The smallest absolute Gasteiger partial charge is 0.243 e. The molecule has 0 aliphatic carbocycles. The molecule has 10 heteroatoms. The molecule has 5 rings (SSSR count). The van der Waals surface area contributed by atoms with E-state index >= 15 is 0 Å². The largest absolute Gasteiger partial charge is 0.342 e. The summed E-state index contributed by atoms with van der Waals surface area (Å²) in [5, 5.41) is 0.918. The zero-order chi connectivity index (χ0) is 26.2. The molecule has 2 aromatic rings. The fraction of sp³-hybridized carbons (Fsp3) is 0.444. The molecular formula is C27H33N3O5S2. The molecule has 3 unspecified atom stereocenters. The number of carbonyl (C=O) groups is 1. The quantitative estimate of drug-likeness (QED) is 0.510. The Labute approximate surface area is 219 Å². The third-order valence-corrected chi connectivity index (χ3v) is 11.3. The van der Waals surface area contributed by atoms with Gasteiger partial charge in [-0.2, -0.15) is 8.61 Å². The van der Waals surface area contributed by atoms with Crippen LogP contribution in [-0.2, 0) is 31.3 Å². The van der Waals surface area contributed by atoms with Crippen molar-refractivity contribution < 1.29 is 21.6 Å². The normalized spacial score (nSPS) is 23.7. The second-order valence-electron chi connectivity index (χ2n) is 10.1. The summed E-state index contributed by atoms with van der Waals surface area (Å²) < 4.78 is 54.4. The number of sulfonamides is 2. The Kier molecular flexibility index (Phi) is 7.28. The van der Waals surface area contributed by atoms with Crippen molar-refractivity contribution >= 4 is 26.0 Å². The minimum absolute atomic E-state index is 0.0305. The lowest BCUT2D eigenvalue weighted by Crippen LogP contribution is -2.40. The molecule has 8 nitrogen and oxygen atoms in total. The molecule has 0 bridgehead atoms. The maximum Gasteiger partial charge on any atom is 0.243 e. The van der Waals surface area contributed by atoms with Crippen LogP contribution in [0.15, 0.2) is 71.5 Å². The Morgan fingerprint density at radius 2 is 1.62 bits per heavy atom. The van der Waals surface area contributed by atoms with E-state index in [-0.39, 0.29) is 35.2 Å². The highest BCUT2D eigenvalue weighted by molar-refractivity contribution is 7.92. The van der Waals surface area contributed by atoms with Gasteiger partial charge in [-0.05, 0) is 54.9 Å². The Balaban J connectivity index is 1.38. The van der Waals surface area contributed by atoms with Crippen LogP contribution in [0.25, 0.3) is 0 Å². The lowest BCUT2D eigenvalue weighted by atomic mass is 9.90. The zero-order valence-electron chi connectivity index (χ0n) is 20.8. The average Bonchev–Trinajstić information content (AvgIpc) is 3.66. The third-order valence-electron chi connectivity index (χ3n) is 7.92. The van der Waals surface area contributed by atoms with E-state index in [4.69, 9.17) is 0 Å². The summed E-state index contributed by atoms with van der Waals surface area (Å²) in [6, 6.07) is 16.2. The highest BCUT2D eigenvalue weighted by Crippen LogP contribution is 2.37. The predicted molar refractivity (Wildman–Crippen MR) is 142 cm³/mol. The van der Waals surface area contributed by atoms with E-state index in [1.165, 1.54) is 8.61 Å². The molecule has 3 fully saturated rings. The maximum absolute atomic E-state index is 13.6. The van der Waals surface area contributed by atoms with Crippen molar-refractivity contribution in [2.45, 2.75) is 42.5 Å². The molecule has 2 aromatic carbocycles. The first-order chi connectivity index (χ1) is 17.7. The van der Waals surface area contributed by atoms with Crippen molar-refractivity contribution in [2.24, 2.45) is 5.92 Å². The third kappa shape index (κ3) is 5.12. The fourth-order valence-corrected chi connectivity index (χ4v) is 8.52. The molecule has 0 spiro atoms. The van der Waals surface area contributed by atoms with Crippen LogP contribution in [0, 0.1) is 5.92 Å². The van der Waals surface area contributed by atoms with Crippen molar-refractivity contribution in [1.29, 1.82) is 0 Å². The molecule has 3 heterocycles. The van der Waals surface area contributed by atoms with Crippen LogP contribution in [0.3, 0.4) is 0 Å². The van der Waals surface area contributed by atoms with Gasteiger partial charge in [0.05, 0.1) is 10.8 Å². The summed E-state index contributed by atoms with van der Waals surface area (Å²) in [6.45, 7) is 5.71. The van der Waals surface area contributed by atoms with Crippen LogP contribution >= 0.6 is 0 Å². The monoisotopic (exact) mass is 543 g/mol. The predicted octanol–water partition coefficient (Wildman–Crippen LogP) is 2.80. The number of benzene rings is 2. The van der Waals surface area contributed by atoms with Gasteiger partial charge in [-0.3, -0.25) is 4.79 Å². The van der Waals surface area contributed by atoms with Gasteiger partial charge in [-0.15, -0.1) is 0 Å². The van der Waals surface area contributed by atoms with Gasteiger partial charge in [0.1, 0.15) is 0 Å². The summed E-state index contributed by atoms with van der Waals surface area (Å²) in [6.07, 6.45) is 3.18. The van der Waals surface area contributed by atoms with Crippen molar-refractivity contribution in [2.75, 3.05) is 32.7 Å². The molecule has 1 amide bonds. The van der Waals surface area contributed by atoms with Crippen molar-refractivity contribution in [1.82, 2.24) is 13.5 Å². The molecule has 3 saturated heterocycles. The van der Waals surface area contributed by atoms with E-state index < -0.39 is 20.0 Å². The zero-order valence-corrected chi connectivity index (χ0v) is 22.4. The van der Waals surface area contributed by atoms with Crippen molar-refractivity contribution in [3.05, 3.63) is 77.7 Å². The van der Waals surface area contributed by atoms with Crippen molar-refractivity contribution in [3.8, 4) is 0 Å². The lowest BCUT2D eigenvalue weighted by molar-refractivity contribution is -0.131. The van der Waals surface area contributed by atoms with Gasteiger partial charge >= 0.3 is 0 Å². The molecule has 3 aliphatic heterocycles. The standard InChI is InChI=1S/C27H33N3O5S2/c1-2-36(32,33)29-19-23-14-17-30(26(23)20-29)37(34,35)24-12-10-22(11-13-24)25(18-21-8-4-3-5-9-21)27(31)28-15-6-7-16-28/h2-5,8-13,23,25-26H,1,6-7,14-20H2. The first-order valence-corrected chi connectivity index (χ1v) is 15.7. The Morgan fingerprint density at radius 1 is 0.946 bits per heavy atom. The number of rotatable bonds is 8. The van der Waals surface area contributed by atoms with Crippen LogP contribution in [-0.4, -0.2) is 75.0 Å². The summed E-state index contributed by atoms with van der Waals surface area (Å²) in [4.78, 5) is 15.5. The van der Waals surface area contributed by atoms with Crippen LogP contribution < -0.4 is 0 Å². The van der Waals surface area contributed by atoms with E-state index in [1.807, 2.05) is 35.2 Å². The van der Waals surface area contributed by atoms with Gasteiger partial charge in [0.25, 0.3) is 0 Å². The Morgan fingerprint density at radius 3 is 2.27 bits per heavy atom. The molecular weight excluding hydrogens is 510 g/mol. The first-order valence-electron chi connectivity index (χ1n) is 12.8. The topological polar surface area (TPSA) is 95.1 Å². The molecule has 0 N–H and O–H groups in total. The Bertz CT molecular complexity index is 1350.